The lowest BCUT2D eigenvalue weighted by molar-refractivity contribution is 0.658. The first-order valence-corrected chi connectivity index (χ1v) is 7.90. The van der Waals surface area contributed by atoms with E-state index in [4.69, 9.17) is 5.73 Å². The molecular weight excluding hydrogens is 258 g/mol. The Bertz CT molecular complexity index is 655. The number of hydrogen-bond acceptors (Lipinski definition) is 2. The molecule has 0 saturated heterocycles. The molecule has 0 radical (unpaired) electrons. The average Bonchev–Trinajstić information content (AvgIpc) is 2.99. The Morgan fingerprint density at radius 1 is 1.19 bits per heavy atom. The molecule has 1 unspecified atom stereocenters. The zero-order chi connectivity index (χ0) is 15.0. The molecule has 1 aromatic heterocycles. The topological polar surface area (TPSA) is 43.8 Å². The molecule has 1 atom stereocenters. The van der Waals surface area contributed by atoms with E-state index in [1.54, 1.807) is 0 Å². The molecule has 0 spiro atoms. The molecule has 0 bridgehead atoms. The van der Waals surface area contributed by atoms with E-state index in [1.807, 2.05) is 11.7 Å². The fourth-order valence-corrected chi connectivity index (χ4v) is 3.50. The third-order valence-corrected chi connectivity index (χ3v) is 4.79. The fraction of sp³-hybridized carbons (Fsp3) is 0.500. The summed E-state index contributed by atoms with van der Waals surface area (Å²) in [5.74, 6) is 0. The maximum atomic E-state index is 6.39. The van der Waals surface area contributed by atoms with Gasteiger partial charge in [-0.3, -0.25) is 4.68 Å². The van der Waals surface area contributed by atoms with Crippen LogP contribution in [-0.4, -0.2) is 15.8 Å². The van der Waals surface area contributed by atoms with Crippen LogP contribution in [0.5, 0.6) is 0 Å². The Morgan fingerprint density at radius 3 is 2.67 bits per heavy atom. The van der Waals surface area contributed by atoms with Gasteiger partial charge in [0.05, 0.1) is 5.69 Å². The molecule has 1 aliphatic rings. The van der Waals surface area contributed by atoms with Gasteiger partial charge < -0.3 is 5.73 Å². The zero-order valence-electron chi connectivity index (χ0n) is 13.3. The van der Waals surface area contributed by atoms with E-state index in [0.29, 0.717) is 0 Å². The Kier molecular flexibility index (Phi) is 3.85. The fourth-order valence-electron chi connectivity index (χ4n) is 3.50. The van der Waals surface area contributed by atoms with E-state index in [9.17, 15) is 0 Å². The van der Waals surface area contributed by atoms with Crippen LogP contribution in [-0.2, 0) is 32.7 Å². The summed E-state index contributed by atoms with van der Waals surface area (Å²) in [5.41, 5.74) is 14.5. The van der Waals surface area contributed by atoms with E-state index < -0.39 is 0 Å². The van der Waals surface area contributed by atoms with Gasteiger partial charge in [0, 0.05) is 18.8 Å². The Labute approximate surface area is 127 Å². The third-order valence-electron chi connectivity index (χ3n) is 4.79. The summed E-state index contributed by atoms with van der Waals surface area (Å²) in [4.78, 5) is 0. The van der Waals surface area contributed by atoms with Crippen molar-refractivity contribution in [2.75, 3.05) is 0 Å². The number of aryl methyl sites for hydroxylation is 4. The Morgan fingerprint density at radius 2 is 1.95 bits per heavy atom. The molecule has 2 aromatic rings. The molecule has 1 heterocycles. The predicted molar refractivity (Wildman–Crippen MR) is 86.5 cm³/mol. The van der Waals surface area contributed by atoms with Crippen LogP contribution in [0.1, 0.15) is 40.1 Å². The number of aromatic nitrogens is 2. The lowest BCUT2D eigenvalue weighted by Gasteiger charge is -2.13. The third kappa shape index (κ3) is 2.88. The number of fused-ring (bicyclic) bond motifs is 1. The Hall–Kier alpha value is -1.61. The molecule has 0 saturated carbocycles. The van der Waals surface area contributed by atoms with Crippen molar-refractivity contribution < 1.29 is 0 Å². The summed E-state index contributed by atoms with van der Waals surface area (Å²) in [6.45, 7) is 4.20. The summed E-state index contributed by atoms with van der Waals surface area (Å²) in [6, 6.07) is 7.08. The van der Waals surface area contributed by atoms with Crippen molar-refractivity contribution in [2.24, 2.45) is 12.8 Å². The van der Waals surface area contributed by atoms with Gasteiger partial charge in [0.25, 0.3) is 0 Å². The van der Waals surface area contributed by atoms with Gasteiger partial charge in [-0.25, -0.2) is 0 Å². The first kappa shape index (κ1) is 14.3. The molecule has 1 aromatic carbocycles. The SMILES string of the molecule is Cc1nn(C)c(C)c1CC(N)Cc1ccc2c(c1)CCC2. The highest BCUT2D eigenvalue weighted by Gasteiger charge is 2.15. The van der Waals surface area contributed by atoms with Crippen LogP contribution in [0.2, 0.25) is 0 Å². The summed E-state index contributed by atoms with van der Waals surface area (Å²) in [6.07, 6.45) is 5.64. The lowest BCUT2D eigenvalue weighted by atomic mass is 9.96. The van der Waals surface area contributed by atoms with Crippen molar-refractivity contribution >= 4 is 0 Å². The number of benzene rings is 1. The van der Waals surface area contributed by atoms with Crippen LogP contribution in [0.4, 0.5) is 0 Å². The van der Waals surface area contributed by atoms with Crippen molar-refractivity contribution in [3.05, 3.63) is 51.8 Å². The lowest BCUT2D eigenvalue weighted by Crippen LogP contribution is -2.26. The smallest absolute Gasteiger partial charge is 0.0628 e. The largest absolute Gasteiger partial charge is 0.327 e. The molecular formula is C18H25N3. The average molecular weight is 283 g/mol. The van der Waals surface area contributed by atoms with E-state index in [-0.39, 0.29) is 6.04 Å². The number of rotatable bonds is 4. The van der Waals surface area contributed by atoms with Gasteiger partial charge >= 0.3 is 0 Å². The van der Waals surface area contributed by atoms with Crippen molar-refractivity contribution in [3.8, 4) is 0 Å². The van der Waals surface area contributed by atoms with E-state index in [1.165, 1.54) is 47.2 Å². The first-order valence-electron chi connectivity index (χ1n) is 7.90. The van der Waals surface area contributed by atoms with Crippen LogP contribution in [0.15, 0.2) is 18.2 Å². The molecule has 21 heavy (non-hydrogen) atoms. The standard InChI is InChI=1S/C18H25N3/c1-12-18(13(2)21(3)20-12)11-17(19)10-14-7-8-15-5-4-6-16(15)9-14/h7-9,17H,4-6,10-11,19H2,1-3H3. The van der Waals surface area contributed by atoms with Gasteiger partial charge in [-0.2, -0.15) is 5.10 Å². The van der Waals surface area contributed by atoms with Crippen LogP contribution in [0, 0.1) is 13.8 Å². The molecule has 0 amide bonds. The van der Waals surface area contributed by atoms with Gasteiger partial charge in [-0.1, -0.05) is 18.2 Å². The second-order valence-corrected chi connectivity index (χ2v) is 6.40. The quantitative estimate of drug-likeness (QED) is 0.937. The van der Waals surface area contributed by atoms with Crippen LogP contribution >= 0.6 is 0 Å². The van der Waals surface area contributed by atoms with Gasteiger partial charge in [0.2, 0.25) is 0 Å². The normalized spacial score (nSPS) is 15.2. The first-order chi connectivity index (χ1) is 10.0. The van der Waals surface area contributed by atoms with Gasteiger partial charge in [0.15, 0.2) is 0 Å². The van der Waals surface area contributed by atoms with Crippen LogP contribution < -0.4 is 5.73 Å². The summed E-state index contributed by atoms with van der Waals surface area (Å²) >= 11 is 0. The van der Waals surface area contributed by atoms with Crippen molar-refractivity contribution in [2.45, 2.75) is 52.0 Å². The van der Waals surface area contributed by atoms with Gasteiger partial charge in [-0.05, 0) is 68.2 Å². The van der Waals surface area contributed by atoms with Crippen LogP contribution in [0.3, 0.4) is 0 Å². The minimum atomic E-state index is 0.158. The highest BCUT2D eigenvalue weighted by Crippen LogP contribution is 2.23. The highest BCUT2D eigenvalue weighted by atomic mass is 15.3. The maximum absolute atomic E-state index is 6.39. The Balaban J connectivity index is 1.70. The van der Waals surface area contributed by atoms with E-state index >= 15 is 0 Å². The van der Waals surface area contributed by atoms with Crippen molar-refractivity contribution in [1.82, 2.24) is 9.78 Å². The molecule has 112 valence electrons. The summed E-state index contributed by atoms with van der Waals surface area (Å²) < 4.78 is 1.95. The zero-order valence-corrected chi connectivity index (χ0v) is 13.3. The molecule has 0 aliphatic heterocycles. The van der Waals surface area contributed by atoms with Gasteiger partial charge in [0.1, 0.15) is 0 Å². The minimum absolute atomic E-state index is 0.158. The number of nitrogens with zero attached hydrogens (tertiary/aromatic N) is 2. The predicted octanol–water partition coefficient (Wildman–Crippen LogP) is 2.64. The molecule has 3 heteroatoms. The summed E-state index contributed by atoms with van der Waals surface area (Å²) in [7, 11) is 2.00. The number of nitrogens with two attached hydrogens (primary N) is 1. The molecule has 3 nitrogen and oxygen atoms in total. The molecule has 3 rings (SSSR count). The second kappa shape index (κ2) is 5.64. The monoisotopic (exact) mass is 283 g/mol. The second-order valence-electron chi connectivity index (χ2n) is 6.40. The van der Waals surface area contributed by atoms with E-state index in [2.05, 4.69) is 37.1 Å². The van der Waals surface area contributed by atoms with Crippen LogP contribution in [0.25, 0.3) is 0 Å². The maximum Gasteiger partial charge on any atom is 0.0628 e. The molecule has 0 fully saturated rings. The van der Waals surface area contributed by atoms with E-state index in [0.717, 1.165) is 18.5 Å². The van der Waals surface area contributed by atoms with Gasteiger partial charge in [-0.15, -0.1) is 0 Å². The van der Waals surface area contributed by atoms with Crippen molar-refractivity contribution in [3.63, 3.8) is 0 Å². The summed E-state index contributed by atoms with van der Waals surface area (Å²) in [5, 5.41) is 4.48. The molecule has 2 N–H and O–H groups in total. The van der Waals surface area contributed by atoms with Crippen molar-refractivity contribution in [1.29, 1.82) is 0 Å². The molecule has 1 aliphatic carbocycles. The number of hydrogen-bond donors (Lipinski definition) is 1. The highest BCUT2D eigenvalue weighted by molar-refractivity contribution is 5.36. The minimum Gasteiger partial charge on any atom is -0.327 e.